The van der Waals surface area contributed by atoms with Crippen molar-refractivity contribution in [3.05, 3.63) is 35.9 Å². The summed E-state index contributed by atoms with van der Waals surface area (Å²) in [5.74, 6) is 0.0793. The van der Waals surface area contributed by atoms with Crippen LogP contribution in [0, 0.1) is 0 Å². The summed E-state index contributed by atoms with van der Waals surface area (Å²) in [5.41, 5.74) is 1.76. The van der Waals surface area contributed by atoms with E-state index in [1.807, 2.05) is 29.2 Å². The molecule has 27 heavy (non-hydrogen) atoms. The van der Waals surface area contributed by atoms with Gasteiger partial charge in [0, 0.05) is 49.9 Å². The average molecular weight is 371 g/mol. The van der Waals surface area contributed by atoms with Crippen molar-refractivity contribution in [1.29, 1.82) is 0 Å². The molecule has 3 rings (SSSR count). The molecule has 0 spiro atoms. The first-order valence-electron chi connectivity index (χ1n) is 9.65. The van der Waals surface area contributed by atoms with Crippen molar-refractivity contribution in [2.45, 2.75) is 32.2 Å². The Balaban J connectivity index is 1.50. The lowest BCUT2D eigenvalue weighted by molar-refractivity contribution is -0.117. The highest BCUT2D eigenvalue weighted by Crippen LogP contribution is 2.22. The van der Waals surface area contributed by atoms with Gasteiger partial charge in [0.05, 0.1) is 13.2 Å². The predicted octanol–water partition coefficient (Wildman–Crippen LogP) is 2.05. The molecule has 0 aliphatic carbocycles. The predicted molar refractivity (Wildman–Crippen MR) is 107 cm³/mol. The quantitative estimate of drug-likeness (QED) is 0.778. The first-order chi connectivity index (χ1) is 13.0. The summed E-state index contributed by atoms with van der Waals surface area (Å²) in [5, 5.41) is 2.99. The maximum absolute atomic E-state index is 12.2. The van der Waals surface area contributed by atoms with Gasteiger partial charge in [0.1, 0.15) is 0 Å². The molecule has 6 heteroatoms. The van der Waals surface area contributed by atoms with Crippen molar-refractivity contribution >= 4 is 23.6 Å². The largest absolute Gasteiger partial charge is 0.379 e. The Labute approximate surface area is 161 Å². The molecule has 1 aromatic carbocycles. The van der Waals surface area contributed by atoms with E-state index in [1.54, 1.807) is 12.2 Å². The molecule has 2 fully saturated rings. The fraction of sp³-hybridized carbons (Fsp3) is 0.524. The molecule has 0 saturated carbocycles. The van der Waals surface area contributed by atoms with Crippen molar-refractivity contribution in [2.75, 3.05) is 44.3 Å². The summed E-state index contributed by atoms with van der Waals surface area (Å²) < 4.78 is 5.39. The molecule has 0 aromatic heterocycles. The second-order valence-electron chi connectivity index (χ2n) is 7.70. The molecule has 0 unspecified atom stereocenters. The molecule has 1 N–H and O–H groups in total. The Morgan fingerprint density at radius 1 is 1.19 bits per heavy atom. The Kier molecular flexibility index (Phi) is 6.29. The third-order valence-corrected chi connectivity index (χ3v) is 5.27. The van der Waals surface area contributed by atoms with Gasteiger partial charge in [0.25, 0.3) is 0 Å². The van der Waals surface area contributed by atoms with E-state index in [0.717, 1.165) is 50.5 Å². The van der Waals surface area contributed by atoms with Crippen molar-refractivity contribution in [3.63, 3.8) is 0 Å². The van der Waals surface area contributed by atoms with Crippen LogP contribution in [0.1, 0.15) is 32.3 Å². The second-order valence-corrected chi connectivity index (χ2v) is 7.70. The molecule has 6 nitrogen and oxygen atoms in total. The third kappa shape index (κ3) is 5.17. The van der Waals surface area contributed by atoms with Crippen LogP contribution in [0.4, 0.5) is 5.69 Å². The monoisotopic (exact) mass is 371 g/mol. The van der Waals surface area contributed by atoms with Crippen LogP contribution >= 0.6 is 0 Å². The molecule has 146 valence electrons. The normalized spacial score (nSPS) is 19.0. The number of rotatable bonds is 6. The lowest BCUT2D eigenvalue weighted by atomic mass is 10.0. The molecule has 2 aliphatic heterocycles. The van der Waals surface area contributed by atoms with Gasteiger partial charge in [-0.05, 0) is 44.0 Å². The van der Waals surface area contributed by atoms with Crippen LogP contribution in [-0.4, -0.2) is 61.6 Å². The van der Waals surface area contributed by atoms with E-state index in [9.17, 15) is 9.59 Å². The van der Waals surface area contributed by atoms with E-state index in [2.05, 4.69) is 24.1 Å². The van der Waals surface area contributed by atoms with E-state index in [4.69, 9.17) is 4.74 Å². The number of nitrogens with zero attached hydrogens (tertiary/aromatic N) is 2. The second kappa shape index (κ2) is 8.67. The number of ether oxygens (including phenoxy) is 1. The number of morpholine rings is 1. The van der Waals surface area contributed by atoms with Crippen LogP contribution in [0.2, 0.25) is 0 Å². The SMILES string of the molecule is CC(C)(CNC(=O)/C=C/c1ccc(N2CCCC2=O)cc1)N1CCOCC1. The zero-order valence-corrected chi connectivity index (χ0v) is 16.2. The van der Waals surface area contributed by atoms with E-state index in [1.165, 1.54) is 0 Å². The van der Waals surface area contributed by atoms with E-state index >= 15 is 0 Å². The molecular formula is C21H29N3O3. The molecule has 1 aromatic rings. The first-order valence-corrected chi connectivity index (χ1v) is 9.65. The van der Waals surface area contributed by atoms with Gasteiger partial charge in [-0.25, -0.2) is 0 Å². The average Bonchev–Trinajstić information content (AvgIpc) is 3.12. The van der Waals surface area contributed by atoms with Crippen LogP contribution in [-0.2, 0) is 14.3 Å². The number of hydrogen-bond acceptors (Lipinski definition) is 4. The molecule has 0 atom stereocenters. The van der Waals surface area contributed by atoms with Crippen LogP contribution < -0.4 is 10.2 Å². The van der Waals surface area contributed by atoms with Gasteiger partial charge in [-0.1, -0.05) is 12.1 Å². The minimum Gasteiger partial charge on any atom is -0.379 e. The summed E-state index contributed by atoms with van der Waals surface area (Å²) in [6.07, 6.45) is 4.90. The van der Waals surface area contributed by atoms with E-state index in [0.29, 0.717) is 13.0 Å². The molecule has 2 heterocycles. The van der Waals surface area contributed by atoms with Crippen LogP contribution in [0.25, 0.3) is 6.08 Å². The van der Waals surface area contributed by atoms with Crippen molar-refractivity contribution in [3.8, 4) is 0 Å². The number of carbonyl (C=O) groups excluding carboxylic acids is 2. The van der Waals surface area contributed by atoms with Gasteiger partial charge in [-0.3, -0.25) is 14.5 Å². The molecule has 2 aliphatic rings. The maximum Gasteiger partial charge on any atom is 0.244 e. The molecule has 2 amide bonds. The van der Waals surface area contributed by atoms with Crippen molar-refractivity contribution in [1.82, 2.24) is 10.2 Å². The van der Waals surface area contributed by atoms with Gasteiger partial charge in [-0.15, -0.1) is 0 Å². The van der Waals surface area contributed by atoms with Gasteiger partial charge in [-0.2, -0.15) is 0 Å². The lowest BCUT2D eigenvalue weighted by Crippen LogP contribution is -2.55. The summed E-state index contributed by atoms with van der Waals surface area (Å²) in [7, 11) is 0. The summed E-state index contributed by atoms with van der Waals surface area (Å²) in [6, 6.07) is 7.73. The van der Waals surface area contributed by atoms with Crippen molar-refractivity contribution < 1.29 is 14.3 Å². The number of amides is 2. The van der Waals surface area contributed by atoms with E-state index < -0.39 is 0 Å². The highest BCUT2D eigenvalue weighted by atomic mass is 16.5. The summed E-state index contributed by atoms with van der Waals surface area (Å²) in [6.45, 7) is 8.94. The minimum atomic E-state index is -0.102. The molecule has 0 bridgehead atoms. The summed E-state index contributed by atoms with van der Waals surface area (Å²) >= 11 is 0. The number of hydrogen-bond donors (Lipinski definition) is 1. The highest BCUT2D eigenvalue weighted by molar-refractivity contribution is 5.95. The standard InChI is InChI=1S/C21H29N3O3/c1-21(2,23-12-14-27-15-13-23)16-22-19(25)10-7-17-5-8-18(9-6-17)24-11-3-4-20(24)26/h5-10H,3-4,11-16H2,1-2H3,(H,22,25)/b10-7+. The van der Waals surface area contributed by atoms with Crippen molar-refractivity contribution in [2.24, 2.45) is 0 Å². The minimum absolute atomic E-state index is 0.100. The fourth-order valence-electron chi connectivity index (χ4n) is 3.50. The van der Waals surface area contributed by atoms with Gasteiger partial charge < -0.3 is 15.0 Å². The lowest BCUT2D eigenvalue weighted by Gasteiger charge is -2.40. The topological polar surface area (TPSA) is 61.9 Å². The maximum atomic E-state index is 12.2. The highest BCUT2D eigenvalue weighted by Gasteiger charge is 2.28. The van der Waals surface area contributed by atoms with Gasteiger partial charge >= 0.3 is 0 Å². The Morgan fingerprint density at radius 3 is 2.52 bits per heavy atom. The Morgan fingerprint density at radius 2 is 1.89 bits per heavy atom. The van der Waals surface area contributed by atoms with Crippen LogP contribution in [0.15, 0.2) is 30.3 Å². The number of nitrogens with one attached hydrogen (secondary N) is 1. The third-order valence-electron chi connectivity index (χ3n) is 5.27. The fourth-order valence-corrected chi connectivity index (χ4v) is 3.50. The first kappa shape index (κ1) is 19.6. The zero-order chi connectivity index (χ0) is 19.3. The smallest absolute Gasteiger partial charge is 0.244 e. The van der Waals surface area contributed by atoms with Gasteiger partial charge in [0.15, 0.2) is 0 Å². The zero-order valence-electron chi connectivity index (χ0n) is 16.2. The van der Waals surface area contributed by atoms with Crippen LogP contribution in [0.3, 0.4) is 0 Å². The Bertz CT molecular complexity index is 691. The van der Waals surface area contributed by atoms with E-state index in [-0.39, 0.29) is 17.4 Å². The van der Waals surface area contributed by atoms with Crippen LogP contribution in [0.5, 0.6) is 0 Å². The number of benzene rings is 1. The molecule has 0 radical (unpaired) electrons. The molecule has 2 saturated heterocycles. The molecular weight excluding hydrogens is 342 g/mol. The Hall–Kier alpha value is -2.18. The number of anilines is 1. The summed E-state index contributed by atoms with van der Waals surface area (Å²) in [4.78, 5) is 28.1. The van der Waals surface area contributed by atoms with Gasteiger partial charge in [0.2, 0.25) is 11.8 Å². The number of carbonyl (C=O) groups is 2.